The van der Waals surface area contributed by atoms with Crippen molar-refractivity contribution in [2.45, 2.75) is 6.54 Å². The number of rotatable bonds is 4. The van der Waals surface area contributed by atoms with Gasteiger partial charge in [-0.05, 0) is 22.0 Å². The predicted octanol–water partition coefficient (Wildman–Crippen LogP) is 0.343. The minimum atomic E-state index is -0.189. The summed E-state index contributed by atoms with van der Waals surface area (Å²) in [6, 6.07) is 0. The van der Waals surface area contributed by atoms with E-state index in [0.717, 1.165) is 0 Å². The Hall–Kier alpha value is -1.17. The third kappa shape index (κ3) is 3.37. The van der Waals surface area contributed by atoms with E-state index in [4.69, 9.17) is 0 Å². The van der Waals surface area contributed by atoms with Gasteiger partial charge in [-0.15, -0.1) is 5.10 Å². The van der Waals surface area contributed by atoms with Gasteiger partial charge in [0.25, 0.3) is 0 Å². The molecule has 1 amide bonds. The van der Waals surface area contributed by atoms with Crippen LogP contribution in [-0.2, 0) is 11.3 Å². The molecule has 70 valence electrons. The van der Waals surface area contributed by atoms with E-state index < -0.39 is 0 Å². The quantitative estimate of drug-likeness (QED) is 0.778. The molecule has 0 aliphatic rings. The largest absolute Gasteiger partial charge is 0.351 e. The van der Waals surface area contributed by atoms with Gasteiger partial charge in [-0.1, -0.05) is 6.58 Å². The molecule has 0 saturated heterocycles. The number of carbonyl (C=O) groups is 1. The van der Waals surface area contributed by atoms with Gasteiger partial charge in [-0.3, -0.25) is 4.79 Å². The molecule has 1 aromatic heterocycles. The number of halogens is 1. The molecule has 0 unspecified atom stereocenters. The highest BCUT2D eigenvalue weighted by Gasteiger charge is 1.97. The van der Waals surface area contributed by atoms with Gasteiger partial charge < -0.3 is 5.32 Å². The van der Waals surface area contributed by atoms with Gasteiger partial charge in [-0.25, -0.2) is 0 Å². The van der Waals surface area contributed by atoms with Crippen molar-refractivity contribution < 1.29 is 4.79 Å². The Labute approximate surface area is 83.9 Å². The maximum Gasteiger partial charge on any atom is 0.243 e. The normalized spacial score (nSPS) is 9.62. The molecular weight excluding hydrogens is 236 g/mol. The lowest BCUT2D eigenvalue weighted by molar-refractivity contribution is -0.116. The Bertz CT molecular complexity index is 309. The van der Waals surface area contributed by atoms with Crippen LogP contribution in [0.5, 0.6) is 0 Å². The second-order valence-corrected chi connectivity index (χ2v) is 3.07. The van der Waals surface area contributed by atoms with E-state index in [-0.39, 0.29) is 5.91 Å². The van der Waals surface area contributed by atoms with E-state index in [1.807, 2.05) is 0 Å². The van der Waals surface area contributed by atoms with Crippen molar-refractivity contribution in [2.75, 3.05) is 6.54 Å². The van der Waals surface area contributed by atoms with Crippen LogP contribution in [0.3, 0.4) is 0 Å². The third-order valence-corrected chi connectivity index (χ3v) is 1.67. The van der Waals surface area contributed by atoms with Crippen LogP contribution in [0.25, 0.3) is 0 Å². The molecule has 1 rings (SSSR count). The summed E-state index contributed by atoms with van der Waals surface area (Å²) < 4.78 is 0.683. The molecule has 1 N–H and O–H groups in total. The van der Waals surface area contributed by atoms with Crippen LogP contribution in [0, 0.1) is 0 Å². The molecule has 0 atom stereocenters. The van der Waals surface area contributed by atoms with Gasteiger partial charge in [0.05, 0.1) is 12.7 Å². The fraction of sp³-hybridized carbons (Fsp3) is 0.286. The number of amides is 1. The van der Waals surface area contributed by atoms with Crippen LogP contribution in [0.15, 0.2) is 23.5 Å². The molecule has 1 aromatic rings. The lowest BCUT2D eigenvalue weighted by Gasteiger charge is -2.00. The lowest BCUT2D eigenvalue weighted by atomic mass is 10.5. The Morgan fingerprint density at radius 1 is 1.85 bits per heavy atom. The van der Waals surface area contributed by atoms with Gasteiger partial charge in [0.15, 0.2) is 0 Å². The molecule has 13 heavy (non-hydrogen) atoms. The van der Waals surface area contributed by atoms with Crippen LogP contribution in [-0.4, -0.2) is 27.4 Å². The zero-order valence-electron chi connectivity index (χ0n) is 6.90. The first kappa shape index (κ1) is 9.91. The first-order valence-corrected chi connectivity index (χ1v) is 4.47. The SMILES string of the molecule is C=CC(=O)NCCn1ncc(Br)n1. The maximum atomic E-state index is 10.7. The van der Waals surface area contributed by atoms with Gasteiger partial charge >= 0.3 is 0 Å². The molecular formula is C7H9BrN4O. The van der Waals surface area contributed by atoms with Crippen molar-refractivity contribution >= 4 is 21.8 Å². The molecule has 0 bridgehead atoms. The minimum Gasteiger partial charge on any atom is -0.351 e. The highest BCUT2D eigenvalue weighted by Crippen LogP contribution is 1.99. The Morgan fingerprint density at radius 3 is 3.15 bits per heavy atom. The summed E-state index contributed by atoms with van der Waals surface area (Å²) in [6.45, 7) is 4.37. The zero-order valence-corrected chi connectivity index (χ0v) is 8.49. The highest BCUT2D eigenvalue weighted by molar-refractivity contribution is 9.10. The van der Waals surface area contributed by atoms with E-state index in [2.05, 4.69) is 38.0 Å². The van der Waals surface area contributed by atoms with Crippen LogP contribution >= 0.6 is 15.9 Å². The van der Waals surface area contributed by atoms with Crippen molar-refractivity contribution in [1.29, 1.82) is 0 Å². The molecule has 5 nitrogen and oxygen atoms in total. The molecule has 0 aromatic carbocycles. The molecule has 0 aliphatic heterocycles. The number of nitrogens with zero attached hydrogens (tertiary/aromatic N) is 3. The summed E-state index contributed by atoms with van der Waals surface area (Å²) in [5.74, 6) is -0.189. The smallest absolute Gasteiger partial charge is 0.243 e. The summed E-state index contributed by atoms with van der Waals surface area (Å²) in [5, 5.41) is 10.5. The summed E-state index contributed by atoms with van der Waals surface area (Å²) >= 11 is 3.17. The van der Waals surface area contributed by atoms with Crippen molar-refractivity contribution in [2.24, 2.45) is 0 Å². The van der Waals surface area contributed by atoms with Crippen molar-refractivity contribution in [3.8, 4) is 0 Å². The number of aromatic nitrogens is 3. The molecule has 0 spiro atoms. The van der Waals surface area contributed by atoms with Crippen LogP contribution in [0.1, 0.15) is 0 Å². The highest BCUT2D eigenvalue weighted by atomic mass is 79.9. The first-order chi connectivity index (χ1) is 6.22. The first-order valence-electron chi connectivity index (χ1n) is 3.68. The van der Waals surface area contributed by atoms with Crippen LogP contribution < -0.4 is 5.32 Å². The van der Waals surface area contributed by atoms with E-state index in [9.17, 15) is 4.79 Å². The second-order valence-electron chi connectivity index (χ2n) is 2.26. The molecule has 0 radical (unpaired) electrons. The number of carbonyl (C=O) groups excluding carboxylic acids is 1. The molecule has 0 fully saturated rings. The van der Waals surface area contributed by atoms with E-state index >= 15 is 0 Å². The standard InChI is InChI=1S/C7H9BrN4O/c1-2-7(13)9-3-4-12-10-5-6(8)11-12/h2,5H,1,3-4H2,(H,9,13). The Kier molecular flexibility index (Phi) is 3.63. The minimum absolute atomic E-state index is 0.189. The lowest BCUT2D eigenvalue weighted by Crippen LogP contribution is -2.25. The zero-order chi connectivity index (χ0) is 9.68. The number of hydrogen-bond donors (Lipinski definition) is 1. The van der Waals surface area contributed by atoms with Crippen molar-refractivity contribution in [3.05, 3.63) is 23.5 Å². The Morgan fingerprint density at radius 2 is 2.62 bits per heavy atom. The van der Waals surface area contributed by atoms with Crippen LogP contribution in [0.2, 0.25) is 0 Å². The Balaban J connectivity index is 2.27. The van der Waals surface area contributed by atoms with Gasteiger partial charge in [0.1, 0.15) is 4.60 Å². The number of hydrogen-bond acceptors (Lipinski definition) is 3. The molecule has 0 aliphatic carbocycles. The van der Waals surface area contributed by atoms with E-state index in [0.29, 0.717) is 17.7 Å². The van der Waals surface area contributed by atoms with Crippen molar-refractivity contribution in [1.82, 2.24) is 20.3 Å². The van der Waals surface area contributed by atoms with Gasteiger partial charge in [0, 0.05) is 6.54 Å². The monoisotopic (exact) mass is 244 g/mol. The van der Waals surface area contributed by atoms with Gasteiger partial charge in [-0.2, -0.15) is 9.90 Å². The predicted molar refractivity (Wildman–Crippen MR) is 50.9 cm³/mol. The van der Waals surface area contributed by atoms with Crippen LogP contribution in [0.4, 0.5) is 0 Å². The average molecular weight is 245 g/mol. The fourth-order valence-corrected chi connectivity index (χ4v) is 1.01. The summed E-state index contributed by atoms with van der Waals surface area (Å²) in [5.41, 5.74) is 0. The second kappa shape index (κ2) is 4.76. The summed E-state index contributed by atoms with van der Waals surface area (Å²) in [4.78, 5) is 12.2. The molecule has 1 heterocycles. The summed E-state index contributed by atoms with van der Waals surface area (Å²) in [6.07, 6.45) is 2.82. The topological polar surface area (TPSA) is 59.8 Å². The summed E-state index contributed by atoms with van der Waals surface area (Å²) in [7, 11) is 0. The molecule has 0 saturated carbocycles. The number of nitrogens with one attached hydrogen (secondary N) is 1. The average Bonchev–Trinajstić information content (AvgIpc) is 2.51. The third-order valence-electron chi connectivity index (χ3n) is 1.30. The van der Waals surface area contributed by atoms with Crippen molar-refractivity contribution in [3.63, 3.8) is 0 Å². The molecule has 6 heteroatoms. The maximum absolute atomic E-state index is 10.7. The van der Waals surface area contributed by atoms with E-state index in [1.165, 1.54) is 10.9 Å². The van der Waals surface area contributed by atoms with Gasteiger partial charge in [0.2, 0.25) is 5.91 Å². The van der Waals surface area contributed by atoms with E-state index in [1.54, 1.807) is 6.20 Å². The fourth-order valence-electron chi connectivity index (χ4n) is 0.735.